The van der Waals surface area contributed by atoms with Gasteiger partial charge in [-0.15, -0.1) is 0 Å². The first-order valence-electron chi connectivity index (χ1n) is 8.78. The number of nitrogens with zero attached hydrogens (tertiary/aromatic N) is 4. The molecule has 0 aliphatic rings. The van der Waals surface area contributed by atoms with Crippen LogP contribution in [-0.2, 0) is 7.05 Å². The molecule has 0 aliphatic carbocycles. The van der Waals surface area contributed by atoms with Crippen LogP contribution in [0.1, 0.15) is 35.4 Å². The molecule has 0 bridgehead atoms. The minimum atomic E-state index is -0.295. The van der Waals surface area contributed by atoms with Gasteiger partial charge in [0.25, 0.3) is 11.5 Å². The Kier molecular flexibility index (Phi) is 4.93. The summed E-state index contributed by atoms with van der Waals surface area (Å²) in [5.41, 5.74) is 1.59. The second-order valence-electron chi connectivity index (χ2n) is 6.84. The Bertz CT molecular complexity index is 1060. The molecule has 8 heteroatoms. The van der Waals surface area contributed by atoms with E-state index in [0.29, 0.717) is 12.1 Å². The van der Waals surface area contributed by atoms with Crippen LogP contribution in [0.2, 0.25) is 0 Å². The van der Waals surface area contributed by atoms with Crippen molar-refractivity contribution >= 4 is 11.6 Å². The molecule has 27 heavy (non-hydrogen) atoms. The van der Waals surface area contributed by atoms with Crippen LogP contribution in [0, 0.1) is 13.8 Å². The van der Waals surface area contributed by atoms with Crippen molar-refractivity contribution in [1.82, 2.24) is 18.9 Å². The van der Waals surface area contributed by atoms with Gasteiger partial charge in [-0.05, 0) is 33.3 Å². The molecule has 1 atom stereocenters. The molecule has 0 saturated heterocycles. The SMILES string of the molecule is Cc1cc(-c2cn3cc(C(=O)N(C)C(C)CCO)nc3c(=O)n2C)c(C)o1. The average Bonchev–Trinajstić information content (AvgIpc) is 3.19. The second kappa shape index (κ2) is 7.03. The quantitative estimate of drug-likeness (QED) is 0.737. The highest BCUT2D eigenvalue weighted by Gasteiger charge is 2.22. The molecule has 0 fully saturated rings. The van der Waals surface area contributed by atoms with Gasteiger partial charge >= 0.3 is 0 Å². The predicted octanol–water partition coefficient (Wildman–Crippen LogP) is 1.75. The summed E-state index contributed by atoms with van der Waals surface area (Å²) in [7, 11) is 3.33. The van der Waals surface area contributed by atoms with Crippen LogP contribution < -0.4 is 5.56 Å². The van der Waals surface area contributed by atoms with Crippen molar-refractivity contribution in [2.75, 3.05) is 13.7 Å². The van der Waals surface area contributed by atoms with E-state index in [1.807, 2.05) is 26.8 Å². The number of imidazole rings is 1. The number of hydrogen-bond donors (Lipinski definition) is 1. The molecule has 0 spiro atoms. The molecule has 1 N–H and O–H groups in total. The third-order valence-electron chi connectivity index (χ3n) is 4.92. The van der Waals surface area contributed by atoms with E-state index in [1.165, 1.54) is 9.47 Å². The van der Waals surface area contributed by atoms with Crippen LogP contribution in [0.4, 0.5) is 0 Å². The highest BCUT2D eigenvalue weighted by atomic mass is 16.3. The molecule has 0 radical (unpaired) electrons. The lowest BCUT2D eigenvalue weighted by atomic mass is 10.2. The van der Waals surface area contributed by atoms with E-state index in [2.05, 4.69) is 4.98 Å². The Hall–Kier alpha value is -2.87. The predicted molar refractivity (Wildman–Crippen MR) is 101 cm³/mol. The molecule has 3 heterocycles. The van der Waals surface area contributed by atoms with E-state index in [0.717, 1.165) is 17.1 Å². The highest BCUT2D eigenvalue weighted by Crippen LogP contribution is 2.25. The van der Waals surface area contributed by atoms with E-state index in [9.17, 15) is 9.59 Å². The highest BCUT2D eigenvalue weighted by molar-refractivity contribution is 5.93. The van der Waals surface area contributed by atoms with E-state index >= 15 is 0 Å². The number of fused-ring (bicyclic) bond motifs is 1. The van der Waals surface area contributed by atoms with E-state index in [4.69, 9.17) is 9.52 Å². The van der Waals surface area contributed by atoms with Gasteiger partial charge in [0.1, 0.15) is 17.2 Å². The smallest absolute Gasteiger partial charge is 0.294 e. The molecule has 0 aliphatic heterocycles. The number of aliphatic hydroxyl groups excluding tert-OH is 1. The van der Waals surface area contributed by atoms with Gasteiger partial charge in [0, 0.05) is 44.7 Å². The van der Waals surface area contributed by atoms with Gasteiger partial charge < -0.3 is 19.0 Å². The number of carbonyl (C=O) groups excluding carboxylic acids is 1. The summed E-state index contributed by atoms with van der Waals surface area (Å²) in [6.45, 7) is 5.55. The Morgan fingerprint density at radius 1 is 1.37 bits per heavy atom. The number of aromatic nitrogens is 3. The molecule has 3 aromatic heterocycles. The number of furan rings is 1. The third kappa shape index (κ3) is 3.28. The maximum Gasteiger partial charge on any atom is 0.294 e. The van der Waals surface area contributed by atoms with Crippen molar-refractivity contribution in [2.45, 2.75) is 33.2 Å². The van der Waals surface area contributed by atoms with Crippen LogP contribution in [0.5, 0.6) is 0 Å². The first-order chi connectivity index (χ1) is 12.7. The molecule has 0 saturated carbocycles. The summed E-state index contributed by atoms with van der Waals surface area (Å²) in [5.74, 6) is 1.19. The first-order valence-corrected chi connectivity index (χ1v) is 8.78. The van der Waals surface area contributed by atoms with Crippen molar-refractivity contribution in [3.05, 3.63) is 46.0 Å². The number of carbonyl (C=O) groups is 1. The molecule has 1 unspecified atom stereocenters. The zero-order chi connectivity index (χ0) is 19.9. The molecule has 144 valence electrons. The fourth-order valence-electron chi connectivity index (χ4n) is 3.13. The van der Waals surface area contributed by atoms with E-state index < -0.39 is 0 Å². The Morgan fingerprint density at radius 3 is 2.67 bits per heavy atom. The maximum atomic E-state index is 12.8. The Morgan fingerprint density at radius 2 is 2.07 bits per heavy atom. The number of amides is 1. The molecule has 1 amide bonds. The number of hydrogen-bond acceptors (Lipinski definition) is 5. The lowest BCUT2D eigenvalue weighted by Gasteiger charge is -2.23. The standard InChI is InChI=1S/C19H24N4O4/c1-11(6-7-24)21(4)18(25)15-9-23-10-16(14-8-12(2)27-13(14)3)22(5)19(26)17(23)20-15/h8-11,24H,6-7H2,1-5H3. The summed E-state index contributed by atoms with van der Waals surface area (Å²) in [6, 6.07) is 1.74. The van der Waals surface area contributed by atoms with Crippen LogP contribution in [0.15, 0.2) is 27.7 Å². The van der Waals surface area contributed by atoms with Crippen molar-refractivity contribution < 1.29 is 14.3 Å². The van der Waals surface area contributed by atoms with Crippen LogP contribution in [0.3, 0.4) is 0 Å². The molecule has 8 nitrogen and oxygen atoms in total. The summed E-state index contributed by atoms with van der Waals surface area (Å²) < 4.78 is 8.67. The molecular formula is C19H24N4O4. The minimum absolute atomic E-state index is 0.00266. The van der Waals surface area contributed by atoms with Crippen LogP contribution >= 0.6 is 0 Å². The number of rotatable bonds is 5. The summed E-state index contributed by atoms with van der Waals surface area (Å²) in [6.07, 6.45) is 3.81. The topological polar surface area (TPSA) is 93.0 Å². The summed E-state index contributed by atoms with van der Waals surface area (Å²) in [5, 5.41) is 9.07. The summed E-state index contributed by atoms with van der Waals surface area (Å²) >= 11 is 0. The van der Waals surface area contributed by atoms with Crippen molar-refractivity contribution in [2.24, 2.45) is 7.05 Å². The normalized spacial score (nSPS) is 12.5. The van der Waals surface area contributed by atoms with Crippen molar-refractivity contribution in [1.29, 1.82) is 0 Å². The van der Waals surface area contributed by atoms with Gasteiger partial charge in [-0.25, -0.2) is 4.98 Å². The fourth-order valence-corrected chi connectivity index (χ4v) is 3.13. The van der Waals surface area contributed by atoms with Crippen molar-refractivity contribution in [3.63, 3.8) is 0 Å². The Labute approximate surface area is 156 Å². The van der Waals surface area contributed by atoms with Gasteiger partial charge in [-0.3, -0.25) is 14.0 Å². The molecule has 3 aromatic rings. The van der Waals surface area contributed by atoms with Crippen molar-refractivity contribution in [3.8, 4) is 11.3 Å². The number of aryl methyl sites for hydroxylation is 2. The zero-order valence-corrected chi connectivity index (χ0v) is 16.2. The van der Waals surface area contributed by atoms with E-state index in [1.54, 1.807) is 30.9 Å². The largest absolute Gasteiger partial charge is 0.466 e. The van der Waals surface area contributed by atoms with E-state index in [-0.39, 0.29) is 35.5 Å². The maximum absolute atomic E-state index is 12.8. The zero-order valence-electron chi connectivity index (χ0n) is 16.2. The molecular weight excluding hydrogens is 348 g/mol. The van der Waals surface area contributed by atoms with Gasteiger partial charge in [0.15, 0.2) is 0 Å². The van der Waals surface area contributed by atoms with Gasteiger partial charge in [-0.2, -0.15) is 0 Å². The third-order valence-corrected chi connectivity index (χ3v) is 4.92. The van der Waals surface area contributed by atoms with Crippen LogP contribution in [0.25, 0.3) is 16.9 Å². The minimum Gasteiger partial charge on any atom is -0.466 e. The number of aliphatic hydroxyl groups is 1. The molecule has 3 rings (SSSR count). The Balaban J connectivity index is 2.08. The first kappa shape index (κ1) is 18.9. The van der Waals surface area contributed by atoms with Crippen LogP contribution in [-0.4, -0.2) is 49.6 Å². The lowest BCUT2D eigenvalue weighted by molar-refractivity contribution is 0.0717. The van der Waals surface area contributed by atoms with Gasteiger partial charge in [-0.1, -0.05) is 0 Å². The monoisotopic (exact) mass is 372 g/mol. The van der Waals surface area contributed by atoms with Gasteiger partial charge in [0.05, 0.1) is 5.69 Å². The average molecular weight is 372 g/mol. The lowest BCUT2D eigenvalue weighted by Crippen LogP contribution is -2.35. The van der Waals surface area contributed by atoms with Gasteiger partial charge in [0.2, 0.25) is 5.65 Å². The summed E-state index contributed by atoms with van der Waals surface area (Å²) in [4.78, 5) is 31.2. The fraction of sp³-hybridized carbons (Fsp3) is 0.421. The molecule has 0 aromatic carbocycles. The second-order valence-corrected chi connectivity index (χ2v) is 6.84.